The monoisotopic (exact) mass is 290 g/mol. The van der Waals surface area contributed by atoms with E-state index in [1.165, 1.54) is 7.11 Å². The molecule has 0 bridgehead atoms. The van der Waals surface area contributed by atoms with Gasteiger partial charge in [0.15, 0.2) is 0 Å². The first-order valence-electron chi connectivity index (χ1n) is 6.52. The van der Waals surface area contributed by atoms with Crippen LogP contribution in [0.25, 0.3) is 0 Å². The number of hydrogen-bond donors (Lipinski definition) is 2. The van der Waals surface area contributed by atoms with Crippen LogP contribution in [0.15, 0.2) is 41.0 Å². The first-order chi connectivity index (χ1) is 10.2. The number of nitrogens with one attached hydrogen (secondary N) is 1. The van der Waals surface area contributed by atoms with E-state index in [2.05, 4.69) is 5.32 Å². The summed E-state index contributed by atoms with van der Waals surface area (Å²) in [6.07, 6.45) is 1.82. The number of nitrogens with two attached hydrogens (primary N) is 1. The highest BCUT2D eigenvalue weighted by Gasteiger charge is 2.08. The van der Waals surface area contributed by atoms with Gasteiger partial charge in [-0.25, -0.2) is 0 Å². The number of carbonyl (C=O) groups excluding carboxylic acids is 1. The number of rotatable bonds is 7. The predicted molar refractivity (Wildman–Crippen MR) is 79.0 cm³/mol. The van der Waals surface area contributed by atoms with Crippen molar-refractivity contribution in [3.05, 3.63) is 42.4 Å². The van der Waals surface area contributed by atoms with Gasteiger partial charge in [0.2, 0.25) is 5.91 Å². The molecule has 2 aromatic rings. The Hall–Kier alpha value is -2.47. The number of carbonyl (C=O) groups is 1. The zero-order chi connectivity index (χ0) is 15.1. The summed E-state index contributed by atoms with van der Waals surface area (Å²) in [6, 6.07) is 8.68. The average Bonchev–Trinajstić information content (AvgIpc) is 2.97. The highest BCUT2D eigenvalue weighted by molar-refractivity contribution is 5.92. The second-order valence-electron chi connectivity index (χ2n) is 4.39. The van der Waals surface area contributed by atoms with Gasteiger partial charge in [0.05, 0.1) is 32.1 Å². The average molecular weight is 290 g/mol. The van der Waals surface area contributed by atoms with E-state index in [4.69, 9.17) is 19.6 Å². The van der Waals surface area contributed by atoms with Crippen LogP contribution < -0.4 is 15.8 Å². The molecule has 1 amide bonds. The van der Waals surface area contributed by atoms with E-state index >= 15 is 0 Å². The first kappa shape index (κ1) is 14.9. The second kappa shape index (κ2) is 7.35. The molecule has 0 aliphatic rings. The van der Waals surface area contributed by atoms with Crippen molar-refractivity contribution in [1.82, 2.24) is 0 Å². The SMILES string of the molecule is COc1ccc(N)cc1NC(=O)CCOCc1ccco1. The van der Waals surface area contributed by atoms with E-state index in [0.29, 0.717) is 30.3 Å². The fourth-order valence-corrected chi connectivity index (χ4v) is 1.77. The number of benzene rings is 1. The summed E-state index contributed by atoms with van der Waals surface area (Å²) < 4.78 is 15.6. The number of methoxy groups -OCH3 is 1. The molecule has 112 valence electrons. The second-order valence-corrected chi connectivity index (χ2v) is 4.39. The van der Waals surface area contributed by atoms with Crippen LogP contribution in [-0.2, 0) is 16.1 Å². The number of nitrogen functional groups attached to an aromatic ring is 1. The number of amides is 1. The smallest absolute Gasteiger partial charge is 0.226 e. The Kier molecular flexibility index (Phi) is 5.22. The third-order valence-electron chi connectivity index (χ3n) is 2.80. The highest BCUT2D eigenvalue weighted by atomic mass is 16.5. The summed E-state index contributed by atoms with van der Waals surface area (Å²) in [5.41, 5.74) is 6.80. The standard InChI is InChI=1S/C15H18N2O4/c1-19-14-5-4-11(16)9-13(14)17-15(18)6-8-20-10-12-3-2-7-21-12/h2-5,7,9H,6,8,10,16H2,1H3,(H,17,18). The Labute approximate surface area is 122 Å². The summed E-state index contributed by atoms with van der Waals surface area (Å²) in [4.78, 5) is 11.8. The van der Waals surface area contributed by atoms with Crippen LogP contribution >= 0.6 is 0 Å². The Morgan fingerprint density at radius 1 is 1.38 bits per heavy atom. The van der Waals surface area contributed by atoms with Crippen molar-refractivity contribution < 1.29 is 18.7 Å². The van der Waals surface area contributed by atoms with Gasteiger partial charge in [-0.05, 0) is 30.3 Å². The molecule has 1 heterocycles. The van der Waals surface area contributed by atoms with E-state index in [9.17, 15) is 4.79 Å². The number of anilines is 2. The van der Waals surface area contributed by atoms with Crippen molar-refractivity contribution >= 4 is 17.3 Å². The molecule has 0 saturated carbocycles. The van der Waals surface area contributed by atoms with E-state index in [1.807, 2.05) is 6.07 Å². The normalized spacial score (nSPS) is 10.3. The van der Waals surface area contributed by atoms with Crippen LogP contribution in [0, 0.1) is 0 Å². The van der Waals surface area contributed by atoms with Gasteiger partial charge < -0.3 is 24.9 Å². The Balaban J connectivity index is 1.77. The molecule has 0 radical (unpaired) electrons. The molecule has 1 aromatic carbocycles. The van der Waals surface area contributed by atoms with Crippen LogP contribution in [0.2, 0.25) is 0 Å². The molecule has 0 aliphatic carbocycles. The molecule has 0 aliphatic heterocycles. The van der Waals surface area contributed by atoms with E-state index < -0.39 is 0 Å². The van der Waals surface area contributed by atoms with E-state index in [-0.39, 0.29) is 12.3 Å². The predicted octanol–water partition coefficient (Wildman–Crippen LogP) is 2.42. The molecule has 0 spiro atoms. The van der Waals surface area contributed by atoms with E-state index in [0.717, 1.165) is 5.76 Å². The minimum absolute atomic E-state index is 0.168. The highest BCUT2D eigenvalue weighted by Crippen LogP contribution is 2.26. The lowest BCUT2D eigenvalue weighted by Gasteiger charge is -2.10. The Morgan fingerprint density at radius 3 is 2.95 bits per heavy atom. The van der Waals surface area contributed by atoms with Crippen molar-refractivity contribution in [1.29, 1.82) is 0 Å². The summed E-state index contributed by atoms with van der Waals surface area (Å²) in [6.45, 7) is 0.652. The van der Waals surface area contributed by atoms with Crippen LogP contribution in [0.4, 0.5) is 11.4 Å². The molecule has 0 unspecified atom stereocenters. The minimum atomic E-state index is -0.168. The first-order valence-corrected chi connectivity index (χ1v) is 6.52. The van der Waals surface area contributed by atoms with Crippen molar-refractivity contribution in [2.75, 3.05) is 24.8 Å². The summed E-state index contributed by atoms with van der Waals surface area (Å²) >= 11 is 0. The van der Waals surface area contributed by atoms with Gasteiger partial charge in [0.1, 0.15) is 18.1 Å². The molecule has 0 fully saturated rings. The van der Waals surface area contributed by atoms with Gasteiger partial charge in [-0.15, -0.1) is 0 Å². The van der Waals surface area contributed by atoms with Gasteiger partial charge in [0.25, 0.3) is 0 Å². The summed E-state index contributed by atoms with van der Waals surface area (Å²) in [5.74, 6) is 1.13. The van der Waals surface area contributed by atoms with Gasteiger partial charge >= 0.3 is 0 Å². The Bertz CT molecular complexity index is 581. The molecule has 0 atom stereocenters. The topological polar surface area (TPSA) is 86.7 Å². The lowest BCUT2D eigenvalue weighted by molar-refractivity contribution is -0.117. The molecular formula is C15H18N2O4. The summed E-state index contributed by atoms with van der Waals surface area (Å²) in [5, 5.41) is 2.75. The lowest BCUT2D eigenvalue weighted by Crippen LogP contribution is -2.15. The fraction of sp³-hybridized carbons (Fsp3) is 0.267. The Morgan fingerprint density at radius 2 is 2.24 bits per heavy atom. The maximum Gasteiger partial charge on any atom is 0.226 e. The molecule has 21 heavy (non-hydrogen) atoms. The molecule has 2 rings (SSSR count). The van der Waals surface area contributed by atoms with E-state index in [1.54, 1.807) is 30.5 Å². The van der Waals surface area contributed by atoms with Crippen molar-refractivity contribution in [3.8, 4) is 5.75 Å². The van der Waals surface area contributed by atoms with Gasteiger partial charge in [-0.3, -0.25) is 4.79 Å². The number of hydrogen-bond acceptors (Lipinski definition) is 5. The van der Waals surface area contributed by atoms with Crippen LogP contribution in [0.3, 0.4) is 0 Å². The molecule has 3 N–H and O–H groups in total. The third-order valence-corrected chi connectivity index (χ3v) is 2.80. The molecule has 0 saturated heterocycles. The quantitative estimate of drug-likeness (QED) is 0.604. The molecule has 1 aromatic heterocycles. The molecule has 6 nitrogen and oxygen atoms in total. The maximum absolute atomic E-state index is 11.8. The van der Waals surface area contributed by atoms with Crippen molar-refractivity contribution in [3.63, 3.8) is 0 Å². The van der Waals surface area contributed by atoms with Crippen LogP contribution in [0.5, 0.6) is 5.75 Å². The van der Waals surface area contributed by atoms with Crippen molar-refractivity contribution in [2.45, 2.75) is 13.0 Å². The number of ether oxygens (including phenoxy) is 2. The molecular weight excluding hydrogens is 272 g/mol. The van der Waals surface area contributed by atoms with Crippen molar-refractivity contribution in [2.24, 2.45) is 0 Å². The fourth-order valence-electron chi connectivity index (χ4n) is 1.77. The van der Waals surface area contributed by atoms with Crippen LogP contribution in [0.1, 0.15) is 12.2 Å². The molecule has 6 heteroatoms. The largest absolute Gasteiger partial charge is 0.495 e. The lowest BCUT2D eigenvalue weighted by atomic mass is 10.2. The zero-order valence-corrected chi connectivity index (χ0v) is 11.8. The zero-order valence-electron chi connectivity index (χ0n) is 11.8. The summed E-state index contributed by atoms with van der Waals surface area (Å²) in [7, 11) is 1.54. The maximum atomic E-state index is 11.8. The minimum Gasteiger partial charge on any atom is -0.495 e. The van der Waals surface area contributed by atoms with Gasteiger partial charge in [0, 0.05) is 5.69 Å². The van der Waals surface area contributed by atoms with Crippen LogP contribution in [-0.4, -0.2) is 19.6 Å². The van der Waals surface area contributed by atoms with Gasteiger partial charge in [-0.1, -0.05) is 0 Å². The number of furan rings is 1. The third kappa shape index (κ3) is 4.54. The van der Waals surface area contributed by atoms with Gasteiger partial charge in [-0.2, -0.15) is 0 Å².